The van der Waals surface area contributed by atoms with Crippen molar-refractivity contribution in [2.45, 2.75) is 0 Å². The van der Waals surface area contributed by atoms with Crippen molar-refractivity contribution in [2.24, 2.45) is 0 Å². The summed E-state index contributed by atoms with van der Waals surface area (Å²) >= 11 is 6.30. The van der Waals surface area contributed by atoms with E-state index in [-0.39, 0.29) is 16.3 Å². The second-order valence-electron chi connectivity index (χ2n) is 5.33. The number of benzene rings is 2. The van der Waals surface area contributed by atoms with Crippen LogP contribution in [0.5, 0.6) is 0 Å². The average Bonchev–Trinajstić information content (AvgIpc) is 2.63. The maximum atomic E-state index is 12.3. The van der Waals surface area contributed by atoms with Crippen molar-refractivity contribution in [1.82, 2.24) is 19.5 Å². The standard InChI is InChI=1S/C18H11ClN4O2/c19-15-13(11-7-3-1-4-8-11)20-14-16(21-15)23(18(25)22-17(14)24)12-9-5-2-6-10-12/h1-10H,(H,22,24,25). The summed E-state index contributed by atoms with van der Waals surface area (Å²) in [5.41, 5.74) is 0.648. The first-order chi connectivity index (χ1) is 12.1. The number of rotatable bonds is 2. The van der Waals surface area contributed by atoms with Crippen molar-refractivity contribution in [3.8, 4) is 16.9 Å². The third-order valence-corrected chi connectivity index (χ3v) is 4.01. The van der Waals surface area contributed by atoms with E-state index in [4.69, 9.17) is 11.6 Å². The maximum absolute atomic E-state index is 12.3. The van der Waals surface area contributed by atoms with E-state index in [1.54, 1.807) is 24.3 Å². The number of aromatic nitrogens is 4. The van der Waals surface area contributed by atoms with Crippen LogP contribution < -0.4 is 11.2 Å². The highest BCUT2D eigenvalue weighted by atomic mass is 35.5. The minimum absolute atomic E-state index is 0.0479. The smallest absolute Gasteiger partial charge is 0.272 e. The Morgan fingerprint density at radius 3 is 2.20 bits per heavy atom. The summed E-state index contributed by atoms with van der Waals surface area (Å²) < 4.78 is 1.28. The van der Waals surface area contributed by atoms with Gasteiger partial charge >= 0.3 is 5.69 Å². The van der Waals surface area contributed by atoms with Crippen LogP contribution in [0.15, 0.2) is 70.3 Å². The molecule has 122 valence electrons. The lowest BCUT2D eigenvalue weighted by atomic mass is 10.1. The minimum Gasteiger partial charge on any atom is -0.272 e. The molecule has 0 spiro atoms. The van der Waals surface area contributed by atoms with Crippen LogP contribution in [-0.2, 0) is 0 Å². The number of aromatic amines is 1. The highest BCUT2D eigenvalue weighted by Crippen LogP contribution is 2.25. The van der Waals surface area contributed by atoms with Crippen LogP contribution in [0.25, 0.3) is 28.1 Å². The number of nitrogens with one attached hydrogen (secondary N) is 1. The highest BCUT2D eigenvalue weighted by molar-refractivity contribution is 6.32. The van der Waals surface area contributed by atoms with Gasteiger partial charge in [-0.2, -0.15) is 0 Å². The Bertz CT molecular complexity index is 1180. The molecular weight excluding hydrogens is 340 g/mol. The minimum atomic E-state index is -0.603. The largest absolute Gasteiger partial charge is 0.334 e. The summed E-state index contributed by atoms with van der Waals surface area (Å²) in [4.78, 5) is 35.5. The number of halogens is 1. The van der Waals surface area contributed by atoms with E-state index in [1.165, 1.54) is 4.57 Å². The van der Waals surface area contributed by atoms with Gasteiger partial charge in [-0.25, -0.2) is 19.3 Å². The molecule has 0 atom stereocenters. The lowest BCUT2D eigenvalue weighted by Crippen LogP contribution is -2.30. The van der Waals surface area contributed by atoms with Gasteiger partial charge < -0.3 is 0 Å². The molecule has 2 heterocycles. The molecule has 0 amide bonds. The molecule has 1 N–H and O–H groups in total. The van der Waals surface area contributed by atoms with Gasteiger partial charge in [0.15, 0.2) is 16.3 Å². The summed E-state index contributed by atoms with van der Waals surface area (Å²) in [6, 6.07) is 18.1. The molecule has 2 aromatic carbocycles. The zero-order chi connectivity index (χ0) is 17.4. The second kappa shape index (κ2) is 5.99. The van der Waals surface area contributed by atoms with Gasteiger partial charge in [0.1, 0.15) is 5.69 Å². The fraction of sp³-hybridized carbons (Fsp3) is 0. The first kappa shape index (κ1) is 15.3. The first-order valence-electron chi connectivity index (χ1n) is 7.48. The number of para-hydroxylation sites is 1. The third-order valence-electron chi connectivity index (χ3n) is 3.75. The number of H-pyrrole nitrogens is 1. The van der Waals surface area contributed by atoms with Crippen molar-refractivity contribution in [3.05, 3.63) is 86.7 Å². The van der Waals surface area contributed by atoms with E-state index < -0.39 is 11.2 Å². The molecule has 25 heavy (non-hydrogen) atoms. The summed E-state index contributed by atoms with van der Waals surface area (Å²) in [6.45, 7) is 0. The molecular formula is C18H11ClN4O2. The van der Waals surface area contributed by atoms with Crippen LogP contribution >= 0.6 is 11.6 Å². The van der Waals surface area contributed by atoms with Crippen LogP contribution in [0.4, 0.5) is 0 Å². The van der Waals surface area contributed by atoms with Crippen LogP contribution in [0.2, 0.25) is 5.15 Å². The second-order valence-corrected chi connectivity index (χ2v) is 5.69. The Morgan fingerprint density at radius 2 is 1.52 bits per heavy atom. The molecule has 0 saturated heterocycles. The lowest BCUT2D eigenvalue weighted by molar-refractivity contribution is 0.918. The molecule has 0 aliphatic heterocycles. The van der Waals surface area contributed by atoms with E-state index in [2.05, 4.69) is 15.0 Å². The van der Waals surface area contributed by atoms with Gasteiger partial charge in [0.25, 0.3) is 5.56 Å². The number of hydrogen-bond acceptors (Lipinski definition) is 4. The summed E-state index contributed by atoms with van der Waals surface area (Å²) in [6.07, 6.45) is 0. The molecule has 0 aliphatic rings. The molecule has 0 radical (unpaired) electrons. The van der Waals surface area contributed by atoms with Crippen LogP contribution in [-0.4, -0.2) is 19.5 Å². The number of nitrogens with zero attached hydrogens (tertiary/aromatic N) is 3. The van der Waals surface area contributed by atoms with E-state index in [1.807, 2.05) is 36.4 Å². The molecule has 0 unspecified atom stereocenters. The quantitative estimate of drug-likeness (QED) is 0.602. The predicted octanol–water partition coefficient (Wildman–Crippen LogP) is 2.79. The summed E-state index contributed by atoms with van der Waals surface area (Å²) in [7, 11) is 0. The van der Waals surface area contributed by atoms with Crippen molar-refractivity contribution >= 4 is 22.8 Å². The summed E-state index contributed by atoms with van der Waals surface area (Å²) in [5.74, 6) is 0. The first-order valence-corrected chi connectivity index (χ1v) is 7.86. The zero-order valence-corrected chi connectivity index (χ0v) is 13.6. The molecule has 0 fully saturated rings. The van der Waals surface area contributed by atoms with E-state index in [0.717, 1.165) is 5.56 Å². The van der Waals surface area contributed by atoms with E-state index in [9.17, 15) is 9.59 Å². The SMILES string of the molecule is O=c1[nH]c(=O)n(-c2ccccc2)c2nc(Cl)c(-c3ccccc3)nc12. The number of fused-ring (bicyclic) bond motifs is 1. The molecule has 6 nitrogen and oxygen atoms in total. The Kier molecular flexibility index (Phi) is 3.66. The molecule has 0 saturated carbocycles. The van der Waals surface area contributed by atoms with Gasteiger partial charge in [-0.3, -0.25) is 9.78 Å². The Morgan fingerprint density at radius 1 is 0.880 bits per heavy atom. The molecule has 4 rings (SSSR count). The van der Waals surface area contributed by atoms with Gasteiger partial charge in [-0.1, -0.05) is 60.1 Å². The zero-order valence-electron chi connectivity index (χ0n) is 12.8. The Hall–Kier alpha value is -3.25. The molecule has 0 bridgehead atoms. The fourth-order valence-electron chi connectivity index (χ4n) is 2.62. The number of hydrogen-bond donors (Lipinski definition) is 1. The Balaban J connectivity index is 2.09. The van der Waals surface area contributed by atoms with Gasteiger partial charge in [-0.15, -0.1) is 0 Å². The Labute approximate surface area is 146 Å². The van der Waals surface area contributed by atoms with E-state index >= 15 is 0 Å². The van der Waals surface area contributed by atoms with Crippen LogP contribution in [0, 0.1) is 0 Å². The monoisotopic (exact) mass is 350 g/mol. The predicted molar refractivity (Wildman–Crippen MR) is 96.2 cm³/mol. The van der Waals surface area contributed by atoms with Crippen molar-refractivity contribution in [2.75, 3.05) is 0 Å². The van der Waals surface area contributed by atoms with E-state index in [0.29, 0.717) is 11.4 Å². The van der Waals surface area contributed by atoms with Crippen molar-refractivity contribution in [1.29, 1.82) is 0 Å². The van der Waals surface area contributed by atoms with Crippen molar-refractivity contribution in [3.63, 3.8) is 0 Å². The molecule has 4 aromatic rings. The molecule has 0 aliphatic carbocycles. The van der Waals surface area contributed by atoms with Gasteiger partial charge in [0, 0.05) is 5.56 Å². The topological polar surface area (TPSA) is 80.6 Å². The third kappa shape index (κ3) is 2.62. The molecule has 7 heteroatoms. The lowest BCUT2D eigenvalue weighted by Gasteiger charge is -2.10. The van der Waals surface area contributed by atoms with Crippen molar-refractivity contribution < 1.29 is 0 Å². The maximum Gasteiger partial charge on any atom is 0.334 e. The van der Waals surface area contributed by atoms with Gasteiger partial charge in [0.2, 0.25) is 0 Å². The van der Waals surface area contributed by atoms with Gasteiger partial charge in [0.05, 0.1) is 5.69 Å². The fourth-order valence-corrected chi connectivity index (χ4v) is 2.85. The van der Waals surface area contributed by atoms with Crippen LogP contribution in [0.1, 0.15) is 0 Å². The van der Waals surface area contributed by atoms with Crippen LogP contribution in [0.3, 0.4) is 0 Å². The average molecular weight is 351 g/mol. The van der Waals surface area contributed by atoms with Gasteiger partial charge in [-0.05, 0) is 12.1 Å². The normalized spacial score (nSPS) is 10.9. The molecule has 2 aromatic heterocycles. The highest BCUT2D eigenvalue weighted by Gasteiger charge is 2.16. The summed E-state index contributed by atoms with van der Waals surface area (Å²) in [5, 5.41) is 0.119.